The quantitative estimate of drug-likeness (QED) is 0.801. The smallest absolute Gasteiger partial charge is 0.119 e. The molecule has 0 saturated heterocycles. The van der Waals surface area contributed by atoms with Crippen molar-refractivity contribution in [3.63, 3.8) is 0 Å². The van der Waals surface area contributed by atoms with Crippen LogP contribution in [0.2, 0.25) is 0 Å². The van der Waals surface area contributed by atoms with Crippen LogP contribution in [-0.2, 0) is 0 Å². The van der Waals surface area contributed by atoms with Crippen molar-refractivity contribution in [3.05, 3.63) is 65.2 Å². The first-order chi connectivity index (χ1) is 7.68. The fourth-order valence-corrected chi connectivity index (χ4v) is 1.97. The highest BCUT2D eigenvalue weighted by Gasteiger charge is 2.11. The monoisotopic (exact) mass is 212 g/mol. The van der Waals surface area contributed by atoms with E-state index in [0.29, 0.717) is 5.75 Å². The summed E-state index contributed by atoms with van der Waals surface area (Å²) in [5.74, 6) is 0.595. The molecule has 0 radical (unpaired) electrons. The molecule has 0 aliphatic carbocycles. The highest BCUT2D eigenvalue weighted by atomic mass is 16.3. The molecule has 2 rings (SSSR count). The normalized spacial score (nSPS) is 12.4. The molecule has 0 aliphatic rings. The predicted molar refractivity (Wildman–Crippen MR) is 66.8 cm³/mol. The van der Waals surface area contributed by atoms with Crippen molar-refractivity contribution in [3.8, 4) is 5.75 Å². The van der Waals surface area contributed by atoms with Crippen LogP contribution in [0.3, 0.4) is 0 Å². The first-order valence-electron chi connectivity index (χ1n) is 5.53. The third-order valence-corrected chi connectivity index (χ3v) is 2.95. The lowest BCUT2D eigenvalue weighted by Crippen LogP contribution is -1.96. The second kappa shape index (κ2) is 4.40. The van der Waals surface area contributed by atoms with Gasteiger partial charge in [-0.2, -0.15) is 0 Å². The van der Waals surface area contributed by atoms with Crippen LogP contribution < -0.4 is 0 Å². The number of benzene rings is 2. The Kier molecular flexibility index (Phi) is 2.95. The molecule has 1 N–H and O–H groups in total. The average molecular weight is 212 g/mol. The summed E-state index contributed by atoms with van der Waals surface area (Å²) >= 11 is 0. The number of phenols is 1. The zero-order valence-corrected chi connectivity index (χ0v) is 9.64. The van der Waals surface area contributed by atoms with Gasteiger partial charge in [0.25, 0.3) is 0 Å². The van der Waals surface area contributed by atoms with Crippen molar-refractivity contribution < 1.29 is 5.11 Å². The molecular formula is C15H16O. The SMILES string of the molecule is Cc1cccc(C(C)c2ccccc2O)c1. The number of hydrogen-bond donors (Lipinski definition) is 1. The van der Waals surface area contributed by atoms with Crippen LogP contribution >= 0.6 is 0 Å². The van der Waals surface area contributed by atoms with E-state index >= 15 is 0 Å². The van der Waals surface area contributed by atoms with E-state index in [-0.39, 0.29) is 5.92 Å². The minimum Gasteiger partial charge on any atom is -0.508 e. The molecule has 2 aromatic carbocycles. The summed E-state index contributed by atoms with van der Waals surface area (Å²) in [5.41, 5.74) is 3.47. The molecular weight excluding hydrogens is 196 g/mol. The van der Waals surface area contributed by atoms with Gasteiger partial charge in [-0.1, -0.05) is 55.0 Å². The number of rotatable bonds is 2. The molecule has 0 fully saturated rings. The van der Waals surface area contributed by atoms with Gasteiger partial charge in [0, 0.05) is 11.5 Å². The Hall–Kier alpha value is -1.76. The van der Waals surface area contributed by atoms with Crippen LogP contribution in [0.1, 0.15) is 29.5 Å². The second-order valence-corrected chi connectivity index (χ2v) is 4.19. The van der Waals surface area contributed by atoms with E-state index in [0.717, 1.165) is 5.56 Å². The van der Waals surface area contributed by atoms with Gasteiger partial charge in [0.15, 0.2) is 0 Å². The van der Waals surface area contributed by atoms with Crippen LogP contribution in [0.5, 0.6) is 5.75 Å². The van der Waals surface area contributed by atoms with E-state index in [4.69, 9.17) is 0 Å². The van der Waals surface area contributed by atoms with Crippen LogP contribution in [0.25, 0.3) is 0 Å². The first-order valence-corrected chi connectivity index (χ1v) is 5.53. The third kappa shape index (κ3) is 2.08. The number of phenolic OH excluding ortho intramolecular Hbond substituents is 1. The molecule has 1 atom stereocenters. The molecule has 16 heavy (non-hydrogen) atoms. The molecule has 1 heteroatoms. The number of para-hydroxylation sites is 1. The van der Waals surface area contributed by atoms with Gasteiger partial charge < -0.3 is 5.11 Å². The van der Waals surface area contributed by atoms with Gasteiger partial charge in [-0.15, -0.1) is 0 Å². The Morgan fingerprint density at radius 1 is 1.00 bits per heavy atom. The number of aromatic hydroxyl groups is 1. The summed E-state index contributed by atoms with van der Waals surface area (Å²) in [6.45, 7) is 4.20. The van der Waals surface area contributed by atoms with Crippen LogP contribution in [-0.4, -0.2) is 5.11 Å². The zero-order chi connectivity index (χ0) is 11.5. The summed E-state index contributed by atoms with van der Waals surface area (Å²) in [5, 5.41) is 9.81. The van der Waals surface area contributed by atoms with E-state index in [2.05, 4.69) is 38.1 Å². The van der Waals surface area contributed by atoms with Gasteiger partial charge in [0.2, 0.25) is 0 Å². The van der Waals surface area contributed by atoms with Crippen molar-refractivity contribution in [1.82, 2.24) is 0 Å². The van der Waals surface area contributed by atoms with Crippen LogP contribution in [0, 0.1) is 6.92 Å². The minimum absolute atomic E-state index is 0.223. The van der Waals surface area contributed by atoms with Gasteiger partial charge in [-0.3, -0.25) is 0 Å². The largest absolute Gasteiger partial charge is 0.508 e. The summed E-state index contributed by atoms with van der Waals surface area (Å²) < 4.78 is 0. The first kappa shape index (κ1) is 10.7. The van der Waals surface area contributed by atoms with Crippen LogP contribution in [0.4, 0.5) is 0 Å². The Morgan fingerprint density at radius 2 is 1.75 bits per heavy atom. The van der Waals surface area contributed by atoms with E-state index in [1.807, 2.05) is 18.2 Å². The van der Waals surface area contributed by atoms with Crippen molar-refractivity contribution in [2.45, 2.75) is 19.8 Å². The van der Waals surface area contributed by atoms with Gasteiger partial charge in [-0.25, -0.2) is 0 Å². The van der Waals surface area contributed by atoms with Crippen molar-refractivity contribution in [2.75, 3.05) is 0 Å². The predicted octanol–water partition coefficient (Wildman–Crippen LogP) is 3.85. The Balaban J connectivity index is 2.39. The Labute approximate surface area is 96.4 Å². The molecule has 0 spiro atoms. The molecule has 0 aromatic heterocycles. The van der Waals surface area contributed by atoms with Gasteiger partial charge >= 0.3 is 0 Å². The van der Waals surface area contributed by atoms with Gasteiger partial charge in [-0.05, 0) is 18.6 Å². The highest BCUT2D eigenvalue weighted by Crippen LogP contribution is 2.30. The van der Waals surface area contributed by atoms with E-state index in [1.54, 1.807) is 6.07 Å². The highest BCUT2D eigenvalue weighted by molar-refractivity contribution is 5.41. The van der Waals surface area contributed by atoms with E-state index in [1.165, 1.54) is 11.1 Å². The Bertz CT molecular complexity index is 488. The lowest BCUT2D eigenvalue weighted by molar-refractivity contribution is 0.466. The lowest BCUT2D eigenvalue weighted by Gasteiger charge is -2.14. The second-order valence-electron chi connectivity index (χ2n) is 4.19. The summed E-state index contributed by atoms with van der Waals surface area (Å²) in [6, 6.07) is 15.9. The zero-order valence-electron chi connectivity index (χ0n) is 9.64. The Morgan fingerprint density at radius 3 is 2.44 bits per heavy atom. The van der Waals surface area contributed by atoms with Crippen LogP contribution in [0.15, 0.2) is 48.5 Å². The maximum absolute atomic E-state index is 9.81. The fraction of sp³-hybridized carbons (Fsp3) is 0.200. The third-order valence-electron chi connectivity index (χ3n) is 2.95. The van der Waals surface area contributed by atoms with Gasteiger partial charge in [0.05, 0.1) is 0 Å². The summed E-state index contributed by atoms with van der Waals surface area (Å²) in [7, 11) is 0. The molecule has 2 aromatic rings. The molecule has 1 nitrogen and oxygen atoms in total. The molecule has 0 saturated carbocycles. The van der Waals surface area contributed by atoms with E-state index in [9.17, 15) is 5.11 Å². The fourth-order valence-electron chi connectivity index (χ4n) is 1.97. The minimum atomic E-state index is 0.223. The molecule has 0 amide bonds. The maximum atomic E-state index is 9.81. The number of aryl methyl sites for hydroxylation is 1. The molecule has 0 bridgehead atoms. The summed E-state index contributed by atoms with van der Waals surface area (Å²) in [6.07, 6.45) is 0. The molecule has 0 aliphatic heterocycles. The van der Waals surface area contributed by atoms with Gasteiger partial charge in [0.1, 0.15) is 5.75 Å². The summed E-state index contributed by atoms with van der Waals surface area (Å²) in [4.78, 5) is 0. The topological polar surface area (TPSA) is 20.2 Å². The van der Waals surface area contributed by atoms with Crippen molar-refractivity contribution in [2.24, 2.45) is 0 Å². The van der Waals surface area contributed by atoms with Crippen molar-refractivity contribution >= 4 is 0 Å². The molecule has 0 heterocycles. The molecule has 82 valence electrons. The number of hydrogen-bond acceptors (Lipinski definition) is 1. The maximum Gasteiger partial charge on any atom is 0.119 e. The standard InChI is InChI=1S/C15H16O/c1-11-6-5-7-13(10-11)12(2)14-8-3-4-9-15(14)16/h3-10,12,16H,1-2H3. The van der Waals surface area contributed by atoms with Crippen molar-refractivity contribution in [1.29, 1.82) is 0 Å². The lowest BCUT2D eigenvalue weighted by atomic mass is 9.92. The molecule has 1 unspecified atom stereocenters. The average Bonchev–Trinajstić information content (AvgIpc) is 2.29. The van der Waals surface area contributed by atoms with E-state index < -0.39 is 0 Å².